The molecule has 40 heavy (non-hydrogen) atoms. The Morgan fingerprint density at radius 3 is 2.73 bits per heavy atom. The van der Waals surface area contributed by atoms with Crippen molar-refractivity contribution in [3.8, 4) is 0 Å². The number of likely N-dealkylation sites (tertiary alicyclic amines) is 1. The minimum Gasteiger partial charge on any atom is -0.358 e. The Kier molecular flexibility index (Phi) is 7.89. The maximum atomic E-state index is 13.8. The van der Waals surface area contributed by atoms with E-state index in [1.54, 1.807) is 22.5 Å². The Hall–Kier alpha value is -3.42. The van der Waals surface area contributed by atoms with Gasteiger partial charge in [0.25, 0.3) is 5.91 Å². The SMILES string of the molecule is CNC(=O)C1CN(c2nc3cc(C4CCCCN4C(=O)c4cc(Cl)ccc4NS(C)(=O)=O)nn3cc2C)CCN1. The third-order valence-corrected chi connectivity index (χ3v) is 8.10. The number of hydrogen-bond donors (Lipinski definition) is 3. The summed E-state index contributed by atoms with van der Waals surface area (Å²) in [7, 11) is -1.98. The predicted molar refractivity (Wildman–Crippen MR) is 153 cm³/mol. The highest BCUT2D eigenvalue weighted by Crippen LogP contribution is 2.34. The zero-order valence-electron chi connectivity index (χ0n) is 22.6. The Balaban J connectivity index is 1.46. The molecule has 0 saturated carbocycles. The molecule has 0 spiro atoms. The van der Waals surface area contributed by atoms with Gasteiger partial charge in [-0.25, -0.2) is 17.9 Å². The van der Waals surface area contributed by atoms with Crippen molar-refractivity contribution >= 4 is 50.6 Å². The fourth-order valence-corrected chi connectivity index (χ4v) is 6.16. The molecule has 1 aromatic carbocycles. The van der Waals surface area contributed by atoms with Crippen LogP contribution in [0, 0.1) is 6.92 Å². The van der Waals surface area contributed by atoms with Crippen molar-refractivity contribution in [2.24, 2.45) is 0 Å². The molecule has 3 N–H and O–H groups in total. The first-order valence-electron chi connectivity index (χ1n) is 13.2. The lowest BCUT2D eigenvalue weighted by atomic mass is 9.98. The van der Waals surface area contributed by atoms with E-state index in [1.165, 1.54) is 12.1 Å². The number of aryl methyl sites for hydroxylation is 1. The summed E-state index contributed by atoms with van der Waals surface area (Å²) < 4.78 is 28.0. The molecule has 0 bridgehead atoms. The lowest BCUT2D eigenvalue weighted by molar-refractivity contribution is -0.122. The monoisotopic (exact) mass is 588 g/mol. The van der Waals surface area contributed by atoms with Crippen molar-refractivity contribution in [3.63, 3.8) is 0 Å². The molecule has 2 aliphatic rings. The topological polar surface area (TPSA) is 141 Å². The van der Waals surface area contributed by atoms with Gasteiger partial charge in [-0.3, -0.25) is 14.3 Å². The first-order chi connectivity index (χ1) is 19.0. The van der Waals surface area contributed by atoms with Gasteiger partial charge in [-0.2, -0.15) is 5.10 Å². The quantitative estimate of drug-likeness (QED) is 0.397. The number of piperidine rings is 1. The first kappa shape index (κ1) is 28.1. The number of hydrogen-bond acceptors (Lipinski definition) is 8. The number of benzene rings is 1. The van der Waals surface area contributed by atoms with Gasteiger partial charge in [0, 0.05) is 56.1 Å². The fourth-order valence-electron chi connectivity index (χ4n) is 5.41. The molecular formula is C26H33ClN8O4S. The summed E-state index contributed by atoms with van der Waals surface area (Å²) in [6, 6.07) is 5.79. The molecule has 2 aliphatic heterocycles. The molecule has 214 valence electrons. The van der Waals surface area contributed by atoms with E-state index in [9.17, 15) is 18.0 Å². The van der Waals surface area contributed by atoms with Crippen LogP contribution in [-0.2, 0) is 14.8 Å². The Labute approximate surface area is 238 Å². The summed E-state index contributed by atoms with van der Waals surface area (Å²) in [6.07, 6.45) is 5.41. The number of anilines is 2. The smallest absolute Gasteiger partial charge is 0.256 e. The van der Waals surface area contributed by atoms with Gasteiger partial charge in [-0.15, -0.1) is 0 Å². The zero-order chi connectivity index (χ0) is 28.6. The largest absolute Gasteiger partial charge is 0.358 e. The van der Waals surface area contributed by atoms with E-state index in [0.717, 1.165) is 30.5 Å². The number of rotatable bonds is 6. The maximum absolute atomic E-state index is 13.8. The highest BCUT2D eigenvalue weighted by molar-refractivity contribution is 7.92. The lowest BCUT2D eigenvalue weighted by Crippen LogP contribution is -2.57. The van der Waals surface area contributed by atoms with Crippen LogP contribution in [0.4, 0.5) is 11.5 Å². The average molecular weight is 589 g/mol. The number of carbonyl (C=O) groups is 2. The number of carbonyl (C=O) groups excluding carboxylic acids is 2. The van der Waals surface area contributed by atoms with Crippen molar-refractivity contribution in [2.75, 3.05) is 49.1 Å². The molecule has 2 unspecified atom stereocenters. The molecule has 2 aromatic heterocycles. The van der Waals surface area contributed by atoms with Crippen molar-refractivity contribution in [2.45, 2.75) is 38.3 Å². The van der Waals surface area contributed by atoms with Crippen molar-refractivity contribution in [1.29, 1.82) is 0 Å². The van der Waals surface area contributed by atoms with Crippen molar-refractivity contribution < 1.29 is 18.0 Å². The predicted octanol–water partition coefficient (Wildman–Crippen LogP) is 1.95. The standard InChI is InChI=1S/C26H33ClN8O4S/c1-16-14-35-23(30-24(16)33-11-9-29-21(15-33)25(36)28-2)13-20(31-35)22-6-4-5-10-34(22)26(37)18-12-17(27)7-8-19(18)32-40(3,38)39/h7-8,12-14,21-22,29,32H,4-6,9-11,15H2,1-3H3,(H,28,36). The van der Waals surface area contributed by atoms with E-state index in [2.05, 4.69) is 20.3 Å². The lowest BCUT2D eigenvalue weighted by Gasteiger charge is -2.35. The minimum atomic E-state index is -3.61. The van der Waals surface area contributed by atoms with Crippen LogP contribution >= 0.6 is 11.6 Å². The summed E-state index contributed by atoms with van der Waals surface area (Å²) in [4.78, 5) is 34.8. The zero-order valence-corrected chi connectivity index (χ0v) is 24.2. The summed E-state index contributed by atoms with van der Waals surface area (Å²) in [5.41, 5.74) is 2.65. The van der Waals surface area contributed by atoms with E-state index in [-0.39, 0.29) is 35.1 Å². The summed E-state index contributed by atoms with van der Waals surface area (Å²) in [6.45, 7) is 4.34. The number of nitrogens with one attached hydrogen (secondary N) is 3. The molecule has 2 atom stereocenters. The summed E-state index contributed by atoms with van der Waals surface area (Å²) >= 11 is 6.20. The molecule has 12 nitrogen and oxygen atoms in total. The van der Waals surface area contributed by atoms with Crippen LogP contribution in [0.25, 0.3) is 5.65 Å². The number of likely N-dealkylation sites (N-methyl/N-ethyl adjacent to an activating group) is 1. The number of piperazine rings is 1. The second-order valence-corrected chi connectivity index (χ2v) is 12.4. The first-order valence-corrected chi connectivity index (χ1v) is 15.5. The summed E-state index contributed by atoms with van der Waals surface area (Å²) in [5, 5.41) is 11.1. The van der Waals surface area contributed by atoms with E-state index in [0.29, 0.717) is 49.0 Å². The van der Waals surface area contributed by atoms with E-state index in [1.807, 2.05) is 19.2 Å². The van der Waals surface area contributed by atoms with Gasteiger partial charge in [0.15, 0.2) is 5.65 Å². The molecule has 5 rings (SSSR count). The van der Waals surface area contributed by atoms with E-state index < -0.39 is 10.0 Å². The maximum Gasteiger partial charge on any atom is 0.256 e. The number of halogens is 1. The fraction of sp³-hybridized carbons (Fsp3) is 0.462. The van der Waals surface area contributed by atoms with E-state index in [4.69, 9.17) is 21.7 Å². The molecule has 2 amide bonds. The van der Waals surface area contributed by atoms with Crippen LogP contribution in [-0.4, -0.2) is 85.3 Å². The molecular weight excluding hydrogens is 556 g/mol. The van der Waals surface area contributed by atoms with Crippen LogP contribution < -0.4 is 20.3 Å². The number of amides is 2. The third-order valence-electron chi connectivity index (χ3n) is 7.27. The normalized spacial score (nSPS) is 20.0. The number of aromatic nitrogens is 3. The van der Waals surface area contributed by atoms with Gasteiger partial charge in [0.05, 0.1) is 29.2 Å². The highest BCUT2D eigenvalue weighted by Gasteiger charge is 2.33. The molecule has 2 fully saturated rings. The second kappa shape index (κ2) is 11.2. The molecule has 3 aromatic rings. The van der Waals surface area contributed by atoms with Crippen molar-refractivity contribution in [3.05, 3.63) is 52.3 Å². The van der Waals surface area contributed by atoms with Gasteiger partial charge >= 0.3 is 0 Å². The van der Waals surface area contributed by atoms with Gasteiger partial charge in [-0.1, -0.05) is 11.6 Å². The Morgan fingerprint density at radius 1 is 1.18 bits per heavy atom. The third kappa shape index (κ3) is 5.86. The Bertz CT molecular complexity index is 1560. The van der Waals surface area contributed by atoms with Gasteiger partial charge in [-0.05, 0) is 44.4 Å². The van der Waals surface area contributed by atoms with Crippen molar-refractivity contribution in [1.82, 2.24) is 30.1 Å². The van der Waals surface area contributed by atoms with Gasteiger partial charge in [0.2, 0.25) is 15.9 Å². The van der Waals surface area contributed by atoms with Crippen LogP contribution in [0.1, 0.15) is 46.9 Å². The number of fused-ring (bicyclic) bond motifs is 1. The molecule has 4 heterocycles. The van der Waals surface area contributed by atoms with Crippen LogP contribution in [0.15, 0.2) is 30.5 Å². The minimum absolute atomic E-state index is 0.0632. The highest BCUT2D eigenvalue weighted by atomic mass is 35.5. The van der Waals surface area contributed by atoms with Gasteiger partial charge in [0.1, 0.15) is 11.9 Å². The molecule has 14 heteroatoms. The molecule has 0 aliphatic carbocycles. The summed E-state index contributed by atoms with van der Waals surface area (Å²) in [5.74, 6) is 0.411. The number of nitrogens with zero attached hydrogens (tertiary/aromatic N) is 5. The number of sulfonamides is 1. The van der Waals surface area contributed by atoms with Crippen LogP contribution in [0.2, 0.25) is 5.02 Å². The average Bonchev–Trinajstić information content (AvgIpc) is 3.34. The van der Waals surface area contributed by atoms with Crippen LogP contribution in [0.5, 0.6) is 0 Å². The molecule has 0 radical (unpaired) electrons. The van der Waals surface area contributed by atoms with Crippen LogP contribution in [0.3, 0.4) is 0 Å². The van der Waals surface area contributed by atoms with Gasteiger partial charge < -0.3 is 20.4 Å². The van der Waals surface area contributed by atoms with E-state index >= 15 is 0 Å². The second-order valence-electron chi connectivity index (χ2n) is 10.3. The molecule has 2 saturated heterocycles. The Morgan fingerprint density at radius 2 is 1.98 bits per heavy atom.